The topological polar surface area (TPSA) is 53.5 Å². The number of alkyl halides is 4. The highest BCUT2D eigenvalue weighted by Gasteiger charge is 2.35. The Hall–Kier alpha value is -1.44. The minimum absolute atomic E-state index is 0.0167. The molecule has 1 heterocycles. The van der Waals surface area contributed by atoms with Crippen LogP contribution in [0.1, 0.15) is 13.3 Å². The Labute approximate surface area is 101 Å². The zero-order chi connectivity index (χ0) is 13.8. The molecule has 2 N–H and O–H groups in total. The molecule has 1 saturated heterocycles. The molecule has 2 atom stereocenters. The number of carbonyl (C=O) groups is 1. The largest absolute Gasteiger partial charge is 0.435 e. The zero-order valence-electron chi connectivity index (χ0n) is 9.59. The molecule has 8 heteroatoms. The number of nitrogens with one attached hydrogen (secondary N) is 2. The smallest absolute Gasteiger partial charge is 0.303 e. The molecule has 0 aromatic heterocycles. The Kier molecular flexibility index (Phi) is 4.83. The average Bonchev–Trinajstić information content (AvgIpc) is 2.69. The number of hydrogen-bond acceptors (Lipinski definition) is 3. The summed E-state index contributed by atoms with van der Waals surface area (Å²) in [6, 6.07) is -0.844. The average molecular weight is 267 g/mol. The lowest BCUT2D eigenvalue weighted by atomic mass is 10.2. The summed E-state index contributed by atoms with van der Waals surface area (Å²) in [5.74, 6) is -0.776. The van der Waals surface area contributed by atoms with Crippen molar-refractivity contribution in [2.24, 2.45) is 5.10 Å². The van der Waals surface area contributed by atoms with Gasteiger partial charge < -0.3 is 5.32 Å². The van der Waals surface area contributed by atoms with Crippen molar-refractivity contribution in [2.75, 3.05) is 6.54 Å². The van der Waals surface area contributed by atoms with E-state index in [4.69, 9.17) is 0 Å². The van der Waals surface area contributed by atoms with Crippen LogP contribution in [0.5, 0.6) is 0 Å². The quantitative estimate of drug-likeness (QED) is 0.460. The Morgan fingerprint density at radius 2 is 2.17 bits per heavy atom. The van der Waals surface area contributed by atoms with Crippen molar-refractivity contribution in [2.45, 2.75) is 31.7 Å². The van der Waals surface area contributed by atoms with Gasteiger partial charge in [0.05, 0.1) is 6.04 Å². The molecule has 0 bridgehead atoms. The highest BCUT2D eigenvalue weighted by Crippen LogP contribution is 2.18. The predicted octanol–water partition coefficient (Wildman–Crippen LogP) is 1.30. The van der Waals surface area contributed by atoms with Gasteiger partial charge >= 0.3 is 6.18 Å². The van der Waals surface area contributed by atoms with E-state index >= 15 is 0 Å². The molecule has 18 heavy (non-hydrogen) atoms. The Morgan fingerprint density at radius 1 is 1.50 bits per heavy atom. The van der Waals surface area contributed by atoms with Crippen molar-refractivity contribution in [3.8, 4) is 0 Å². The fourth-order valence-electron chi connectivity index (χ4n) is 1.44. The maximum atomic E-state index is 12.8. The minimum atomic E-state index is -4.65. The number of nitrogens with zero attached hydrogens (tertiary/aromatic N) is 1. The summed E-state index contributed by atoms with van der Waals surface area (Å²) in [6.07, 6.45) is -3.98. The van der Waals surface area contributed by atoms with Gasteiger partial charge in [-0.25, -0.2) is 9.82 Å². The van der Waals surface area contributed by atoms with Crippen molar-refractivity contribution in [1.82, 2.24) is 10.7 Å². The molecule has 1 aliphatic rings. The second-order valence-electron chi connectivity index (χ2n) is 3.76. The fraction of sp³-hybridized carbons (Fsp3) is 0.600. The lowest BCUT2D eigenvalue weighted by molar-refractivity contribution is -0.122. The van der Waals surface area contributed by atoms with Crippen LogP contribution < -0.4 is 10.7 Å². The number of carbonyl (C=O) groups excluding carboxylic acids is 1. The highest BCUT2D eigenvalue weighted by molar-refractivity contribution is 6.00. The van der Waals surface area contributed by atoms with Crippen LogP contribution in [0.4, 0.5) is 17.6 Å². The molecular formula is C10H13F4N3O. The van der Waals surface area contributed by atoms with Crippen molar-refractivity contribution in [1.29, 1.82) is 0 Å². The van der Waals surface area contributed by atoms with Crippen molar-refractivity contribution >= 4 is 11.6 Å². The predicted molar refractivity (Wildman–Crippen MR) is 57.8 cm³/mol. The van der Waals surface area contributed by atoms with Crippen molar-refractivity contribution < 1.29 is 22.4 Å². The first-order valence-electron chi connectivity index (χ1n) is 5.29. The number of amides is 1. The van der Waals surface area contributed by atoms with Crippen LogP contribution in [0.15, 0.2) is 17.3 Å². The van der Waals surface area contributed by atoms with E-state index in [0.717, 1.165) is 12.2 Å². The molecular weight excluding hydrogens is 254 g/mol. The summed E-state index contributed by atoms with van der Waals surface area (Å²) in [5.41, 5.74) is 0.571. The van der Waals surface area contributed by atoms with Crippen molar-refractivity contribution in [3.05, 3.63) is 12.2 Å². The van der Waals surface area contributed by atoms with Gasteiger partial charge in [0.2, 0.25) is 0 Å². The second kappa shape index (κ2) is 5.94. The molecule has 0 aliphatic carbocycles. The molecule has 102 valence electrons. The number of halogens is 4. The molecule has 0 unspecified atom stereocenters. The van der Waals surface area contributed by atoms with Crippen LogP contribution in [0.25, 0.3) is 0 Å². The maximum absolute atomic E-state index is 12.8. The van der Waals surface area contributed by atoms with E-state index in [1.807, 2.05) is 0 Å². The first-order valence-corrected chi connectivity index (χ1v) is 5.29. The maximum Gasteiger partial charge on any atom is 0.435 e. The Bertz CT molecular complexity index is 365. The van der Waals surface area contributed by atoms with Crippen LogP contribution in [0, 0.1) is 0 Å². The summed E-state index contributed by atoms with van der Waals surface area (Å²) >= 11 is 0. The molecule has 1 amide bonds. The van der Waals surface area contributed by atoms with Crippen LogP contribution in [0.3, 0.4) is 0 Å². The van der Waals surface area contributed by atoms with Gasteiger partial charge in [-0.15, -0.1) is 0 Å². The summed E-state index contributed by atoms with van der Waals surface area (Å²) in [5, 5.41) is 5.54. The van der Waals surface area contributed by atoms with Crippen molar-refractivity contribution in [3.63, 3.8) is 0 Å². The minimum Gasteiger partial charge on any atom is -0.303 e. The van der Waals surface area contributed by atoms with E-state index < -0.39 is 30.0 Å². The number of hydrogen-bond donors (Lipinski definition) is 2. The van der Waals surface area contributed by atoms with Gasteiger partial charge in [0, 0.05) is 13.0 Å². The van der Waals surface area contributed by atoms with Gasteiger partial charge in [-0.1, -0.05) is 6.08 Å². The third-order valence-electron chi connectivity index (χ3n) is 2.30. The summed E-state index contributed by atoms with van der Waals surface area (Å²) in [6.45, 7) is 1.41. The van der Waals surface area contributed by atoms with Gasteiger partial charge in [-0.3, -0.25) is 4.79 Å². The third-order valence-corrected chi connectivity index (χ3v) is 2.30. The third kappa shape index (κ3) is 4.10. The standard InChI is InChI=1S/C10H13F4N3O/c1-2-3-8(10(12,13)14)16-17-9(18)7-4-6(11)5-15-7/h2-3,6-7,15H,4-5H2,1H3,(H,17,18)/b3-2-,16-8+/t6-,7+/m1/s1. The lowest BCUT2D eigenvalue weighted by Crippen LogP contribution is -2.39. The van der Waals surface area contributed by atoms with Gasteiger partial charge in [0.15, 0.2) is 5.71 Å². The van der Waals surface area contributed by atoms with Gasteiger partial charge in [0.1, 0.15) is 6.17 Å². The first kappa shape index (κ1) is 14.6. The van der Waals surface area contributed by atoms with Crippen LogP contribution in [-0.4, -0.2) is 36.6 Å². The molecule has 0 spiro atoms. The number of hydrazone groups is 1. The van der Waals surface area contributed by atoms with Crippen LogP contribution in [-0.2, 0) is 4.79 Å². The van der Waals surface area contributed by atoms with Gasteiger partial charge in [0.25, 0.3) is 5.91 Å². The van der Waals surface area contributed by atoms with Crippen LogP contribution >= 0.6 is 0 Å². The second-order valence-corrected chi connectivity index (χ2v) is 3.76. The number of allylic oxidation sites excluding steroid dienone is 2. The summed E-state index contributed by atoms with van der Waals surface area (Å²) in [4.78, 5) is 11.4. The molecule has 1 fully saturated rings. The van der Waals surface area contributed by atoms with E-state index in [1.54, 1.807) is 5.43 Å². The molecule has 0 radical (unpaired) electrons. The Morgan fingerprint density at radius 3 is 2.61 bits per heavy atom. The van der Waals surface area contributed by atoms with Gasteiger partial charge in [-0.05, 0) is 13.0 Å². The normalized spacial score (nSPS) is 25.7. The highest BCUT2D eigenvalue weighted by atomic mass is 19.4. The van der Waals surface area contributed by atoms with E-state index in [2.05, 4.69) is 10.4 Å². The Balaban J connectivity index is 2.63. The fourth-order valence-corrected chi connectivity index (χ4v) is 1.44. The van der Waals surface area contributed by atoms with E-state index in [0.29, 0.717) is 0 Å². The summed E-state index contributed by atoms with van der Waals surface area (Å²) in [7, 11) is 0. The van der Waals surface area contributed by atoms with E-state index in [1.165, 1.54) is 6.92 Å². The van der Waals surface area contributed by atoms with E-state index in [9.17, 15) is 22.4 Å². The monoisotopic (exact) mass is 267 g/mol. The molecule has 1 aliphatic heterocycles. The SMILES string of the molecule is C/C=C\C(=N/NC(=O)[C@@H]1C[C@@H](F)CN1)C(F)(F)F. The molecule has 0 saturated carbocycles. The lowest BCUT2D eigenvalue weighted by Gasteiger charge is -2.09. The zero-order valence-corrected chi connectivity index (χ0v) is 9.59. The molecule has 4 nitrogen and oxygen atoms in total. The van der Waals surface area contributed by atoms with Gasteiger partial charge in [-0.2, -0.15) is 18.3 Å². The van der Waals surface area contributed by atoms with Crippen LogP contribution in [0.2, 0.25) is 0 Å². The number of rotatable bonds is 3. The van der Waals surface area contributed by atoms with E-state index in [-0.39, 0.29) is 13.0 Å². The molecule has 0 aromatic rings. The molecule has 0 aromatic carbocycles. The summed E-state index contributed by atoms with van der Waals surface area (Å²) < 4.78 is 49.9. The first-order chi connectivity index (χ1) is 8.34. The molecule has 1 rings (SSSR count).